The van der Waals surface area contributed by atoms with Gasteiger partial charge in [0.1, 0.15) is 0 Å². The van der Waals surface area contributed by atoms with Gasteiger partial charge >= 0.3 is 0 Å². The fourth-order valence-electron chi connectivity index (χ4n) is 4.32. The van der Waals surface area contributed by atoms with Gasteiger partial charge in [0.05, 0.1) is 11.6 Å². The zero-order valence-corrected chi connectivity index (χ0v) is 18.5. The Kier molecular flexibility index (Phi) is 5.27. The van der Waals surface area contributed by atoms with Gasteiger partial charge in [-0.15, -0.1) is 0 Å². The summed E-state index contributed by atoms with van der Waals surface area (Å²) in [6.45, 7) is 2.79. The number of benzene rings is 4. The first-order valence-electron chi connectivity index (χ1n) is 10.6. The van der Waals surface area contributed by atoms with E-state index in [9.17, 15) is 5.26 Å². The average molecular weight is 433 g/mol. The van der Waals surface area contributed by atoms with Crippen molar-refractivity contribution >= 4 is 44.9 Å². The third-order valence-corrected chi connectivity index (χ3v) is 6.40. The molecule has 0 N–H and O–H groups in total. The number of aromatic nitrogens is 1. The highest BCUT2D eigenvalue weighted by atomic mass is 35.5. The molecule has 0 aliphatic carbocycles. The number of para-hydroxylation sites is 1. The number of allylic oxidation sites excluding steroid dienone is 1. The van der Waals surface area contributed by atoms with Gasteiger partial charge in [-0.05, 0) is 53.1 Å². The van der Waals surface area contributed by atoms with Crippen LogP contribution in [0, 0.1) is 18.3 Å². The van der Waals surface area contributed by atoms with E-state index in [1.54, 1.807) is 0 Å². The van der Waals surface area contributed by atoms with Gasteiger partial charge in [0.2, 0.25) is 0 Å². The quantitative estimate of drug-likeness (QED) is 0.265. The van der Waals surface area contributed by atoms with Crippen molar-refractivity contribution in [3.63, 3.8) is 0 Å². The smallest absolute Gasteiger partial charge is 0.0998 e. The van der Waals surface area contributed by atoms with Crippen LogP contribution >= 0.6 is 11.6 Å². The summed E-state index contributed by atoms with van der Waals surface area (Å²) in [6, 6.07) is 33.1. The molecule has 0 saturated carbocycles. The number of rotatable bonds is 4. The Hall–Kier alpha value is -3.80. The molecule has 0 fully saturated rings. The number of hydrogen-bond acceptors (Lipinski definition) is 1. The zero-order chi connectivity index (χ0) is 22.1. The second kappa shape index (κ2) is 8.38. The Morgan fingerprint density at radius 2 is 1.62 bits per heavy atom. The van der Waals surface area contributed by atoms with Crippen LogP contribution in [0.15, 0.2) is 91.0 Å². The van der Waals surface area contributed by atoms with E-state index < -0.39 is 0 Å². The summed E-state index contributed by atoms with van der Waals surface area (Å²) in [4.78, 5) is 0. The number of fused-ring (bicyclic) bond motifs is 2. The molecule has 2 nitrogen and oxygen atoms in total. The molecule has 0 atom stereocenters. The van der Waals surface area contributed by atoms with Crippen molar-refractivity contribution < 1.29 is 0 Å². The predicted octanol–water partition coefficient (Wildman–Crippen LogP) is 7.87. The number of halogens is 1. The highest BCUT2D eigenvalue weighted by Crippen LogP contribution is 2.32. The molecule has 3 heteroatoms. The van der Waals surface area contributed by atoms with Gasteiger partial charge in [0.25, 0.3) is 0 Å². The lowest BCUT2D eigenvalue weighted by Crippen LogP contribution is -2.02. The van der Waals surface area contributed by atoms with Crippen LogP contribution in [0.4, 0.5) is 0 Å². The summed E-state index contributed by atoms with van der Waals surface area (Å²) in [6.07, 6.45) is 2.02. The Balaban J connectivity index is 1.66. The van der Waals surface area contributed by atoms with Gasteiger partial charge in [0.15, 0.2) is 0 Å². The van der Waals surface area contributed by atoms with Gasteiger partial charge < -0.3 is 4.57 Å². The summed E-state index contributed by atoms with van der Waals surface area (Å²) in [7, 11) is 0. The monoisotopic (exact) mass is 432 g/mol. The van der Waals surface area contributed by atoms with Crippen molar-refractivity contribution in [3.8, 4) is 6.07 Å². The van der Waals surface area contributed by atoms with Crippen molar-refractivity contribution in [2.24, 2.45) is 0 Å². The van der Waals surface area contributed by atoms with Gasteiger partial charge in [-0.2, -0.15) is 5.26 Å². The molecule has 0 saturated heterocycles. The zero-order valence-electron chi connectivity index (χ0n) is 17.7. The van der Waals surface area contributed by atoms with Crippen molar-refractivity contribution in [1.82, 2.24) is 4.57 Å². The number of hydrogen-bond donors (Lipinski definition) is 0. The third-order valence-electron chi connectivity index (χ3n) is 6.04. The molecule has 154 valence electrons. The summed E-state index contributed by atoms with van der Waals surface area (Å²) in [5, 5.41) is 14.2. The van der Waals surface area contributed by atoms with Crippen LogP contribution in [0.3, 0.4) is 0 Å². The molecule has 32 heavy (non-hydrogen) atoms. The fraction of sp³-hybridized carbons (Fsp3) is 0.0690. The van der Waals surface area contributed by atoms with Crippen LogP contribution in [-0.4, -0.2) is 4.57 Å². The molecule has 0 aliphatic rings. The lowest BCUT2D eigenvalue weighted by atomic mass is 9.99. The molecule has 1 aromatic heterocycles. The molecular weight excluding hydrogens is 412 g/mol. The molecule has 0 bridgehead atoms. The molecule has 4 aromatic carbocycles. The molecule has 0 radical (unpaired) electrons. The van der Waals surface area contributed by atoms with Gasteiger partial charge in [-0.25, -0.2) is 0 Å². The minimum absolute atomic E-state index is 0.652. The van der Waals surface area contributed by atoms with E-state index in [2.05, 4.69) is 60.0 Å². The Morgan fingerprint density at radius 3 is 2.44 bits per heavy atom. The topological polar surface area (TPSA) is 28.7 Å². The summed E-state index contributed by atoms with van der Waals surface area (Å²) in [5.41, 5.74) is 5.96. The summed E-state index contributed by atoms with van der Waals surface area (Å²) < 4.78 is 2.28. The summed E-state index contributed by atoms with van der Waals surface area (Å²) >= 11 is 6.45. The van der Waals surface area contributed by atoms with E-state index in [-0.39, 0.29) is 0 Å². The molecule has 0 amide bonds. The minimum atomic E-state index is 0.652. The third kappa shape index (κ3) is 3.58. The first-order valence-corrected chi connectivity index (χ1v) is 11.0. The van der Waals surface area contributed by atoms with E-state index in [1.807, 2.05) is 54.6 Å². The Morgan fingerprint density at radius 1 is 0.906 bits per heavy atom. The maximum Gasteiger partial charge on any atom is 0.0998 e. The van der Waals surface area contributed by atoms with Crippen LogP contribution in [0.5, 0.6) is 0 Å². The largest absolute Gasteiger partial charge is 0.340 e. The van der Waals surface area contributed by atoms with Crippen LogP contribution in [0.2, 0.25) is 5.02 Å². The highest BCUT2D eigenvalue weighted by molar-refractivity contribution is 6.31. The lowest BCUT2D eigenvalue weighted by Gasteiger charge is -2.10. The maximum absolute atomic E-state index is 10.0. The molecule has 0 unspecified atom stereocenters. The van der Waals surface area contributed by atoms with Crippen LogP contribution in [0.1, 0.15) is 22.4 Å². The van der Waals surface area contributed by atoms with E-state index >= 15 is 0 Å². The summed E-state index contributed by atoms with van der Waals surface area (Å²) in [5.74, 6) is 0. The van der Waals surface area contributed by atoms with Gasteiger partial charge in [-0.1, -0.05) is 84.4 Å². The van der Waals surface area contributed by atoms with Crippen LogP contribution in [0.25, 0.3) is 33.3 Å². The number of nitriles is 1. The minimum Gasteiger partial charge on any atom is -0.340 e. The standard InChI is InChI=1S/C29H21ClN2/c1-20-27(17-25(18-31)23-15-14-21-8-2-3-9-22(21)16-23)26-11-5-7-13-29(26)32(20)19-24-10-4-6-12-28(24)30/h2-17H,19H2,1H3/b25-17-. The van der Waals surface area contributed by atoms with E-state index in [4.69, 9.17) is 11.6 Å². The first kappa shape index (κ1) is 20.1. The van der Waals surface area contributed by atoms with Crippen molar-refractivity contribution in [2.45, 2.75) is 13.5 Å². The van der Waals surface area contributed by atoms with Crippen molar-refractivity contribution in [1.29, 1.82) is 5.26 Å². The fourth-order valence-corrected chi connectivity index (χ4v) is 4.52. The van der Waals surface area contributed by atoms with Gasteiger partial charge in [0, 0.05) is 33.7 Å². The molecule has 0 spiro atoms. The molecule has 5 aromatic rings. The molecule has 1 heterocycles. The second-order valence-corrected chi connectivity index (χ2v) is 8.33. The van der Waals surface area contributed by atoms with Crippen molar-refractivity contribution in [2.75, 3.05) is 0 Å². The SMILES string of the molecule is Cc1c(/C=C(/C#N)c2ccc3ccccc3c2)c2ccccc2n1Cc1ccccc1Cl. The highest BCUT2D eigenvalue weighted by Gasteiger charge is 2.15. The van der Waals surface area contributed by atoms with Crippen LogP contribution in [-0.2, 0) is 6.54 Å². The van der Waals surface area contributed by atoms with Crippen molar-refractivity contribution in [3.05, 3.63) is 118 Å². The number of nitrogens with zero attached hydrogens (tertiary/aromatic N) is 2. The average Bonchev–Trinajstić information content (AvgIpc) is 3.09. The Bertz CT molecular complexity index is 1530. The predicted molar refractivity (Wildman–Crippen MR) is 135 cm³/mol. The first-order chi connectivity index (χ1) is 15.7. The van der Waals surface area contributed by atoms with Gasteiger partial charge in [-0.3, -0.25) is 0 Å². The lowest BCUT2D eigenvalue weighted by molar-refractivity contribution is 0.804. The Labute approximate surface area is 192 Å². The molecular formula is C29H21ClN2. The van der Waals surface area contributed by atoms with E-state index in [0.29, 0.717) is 12.1 Å². The maximum atomic E-state index is 10.0. The van der Waals surface area contributed by atoms with Crippen LogP contribution < -0.4 is 0 Å². The molecule has 0 aliphatic heterocycles. The normalized spacial score (nSPS) is 11.7. The van der Waals surface area contributed by atoms with E-state index in [1.165, 1.54) is 5.39 Å². The molecule has 5 rings (SSSR count). The van der Waals surface area contributed by atoms with E-state index in [0.717, 1.165) is 43.7 Å². The second-order valence-electron chi connectivity index (χ2n) is 7.93.